The highest BCUT2D eigenvalue weighted by atomic mass is 32.1. The molecule has 15 heavy (non-hydrogen) atoms. The van der Waals surface area contributed by atoms with Crippen molar-refractivity contribution in [1.29, 1.82) is 0 Å². The van der Waals surface area contributed by atoms with Gasteiger partial charge < -0.3 is 4.74 Å². The minimum Gasteiger partial charge on any atom is -0.378 e. The van der Waals surface area contributed by atoms with E-state index in [1.807, 2.05) is 0 Å². The first-order valence-electron chi connectivity index (χ1n) is 5.07. The van der Waals surface area contributed by atoms with Crippen LogP contribution in [0.3, 0.4) is 0 Å². The third kappa shape index (κ3) is 1.45. The van der Waals surface area contributed by atoms with Crippen LogP contribution in [0.2, 0.25) is 0 Å². The average Bonchev–Trinajstić information content (AvgIpc) is 2.25. The van der Waals surface area contributed by atoms with Gasteiger partial charge in [-0.15, -0.1) is 0 Å². The standard InChI is InChI=1S/C13H12OS/c15-13(8-14-9-13)12-6-5-10-3-1-2-4-11(10)7-12/h1-7,15H,8-9H2. The molecular weight excluding hydrogens is 204 g/mol. The lowest BCUT2D eigenvalue weighted by Crippen LogP contribution is -2.41. The lowest BCUT2D eigenvalue weighted by atomic mass is 9.94. The maximum atomic E-state index is 5.23. The van der Waals surface area contributed by atoms with Gasteiger partial charge in [0, 0.05) is 0 Å². The summed E-state index contributed by atoms with van der Waals surface area (Å²) in [5.41, 5.74) is 1.26. The van der Waals surface area contributed by atoms with Gasteiger partial charge in [-0.3, -0.25) is 0 Å². The molecule has 0 unspecified atom stereocenters. The van der Waals surface area contributed by atoms with E-state index in [9.17, 15) is 0 Å². The molecule has 1 aliphatic rings. The monoisotopic (exact) mass is 216 g/mol. The first kappa shape index (κ1) is 9.25. The molecule has 0 bridgehead atoms. The minimum absolute atomic E-state index is 0.0654. The van der Waals surface area contributed by atoms with Gasteiger partial charge in [0.1, 0.15) is 0 Å². The molecule has 2 aromatic carbocycles. The van der Waals surface area contributed by atoms with E-state index in [0.717, 1.165) is 0 Å². The van der Waals surface area contributed by atoms with E-state index < -0.39 is 0 Å². The summed E-state index contributed by atoms with van der Waals surface area (Å²) in [6, 6.07) is 14.9. The Balaban J connectivity index is 2.14. The van der Waals surface area contributed by atoms with Crippen LogP contribution in [0, 0.1) is 0 Å². The fraction of sp³-hybridized carbons (Fsp3) is 0.231. The van der Waals surface area contributed by atoms with Gasteiger partial charge >= 0.3 is 0 Å². The molecule has 0 radical (unpaired) electrons. The molecule has 0 aliphatic carbocycles. The van der Waals surface area contributed by atoms with Gasteiger partial charge in [-0.25, -0.2) is 0 Å². The molecule has 2 aromatic rings. The molecule has 0 amide bonds. The zero-order valence-corrected chi connectivity index (χ0v) is 9.21. The van der Waals surface area contributed by atoms with Crippen LogP contribution in [0.4, 0.5) is 0 Å². The van der Waals surface area contributed by atoms with Gasteiger partial charge in [-0.1, -0.05) is 36.4 Å². The second-order valence-corrected chi connectivity index (χ2v) is 4.94. The fourth-order valence-electron chi connectivity index (χ4n) is 1.94. The highest BCUT2D eigenvalue weighted by molar-refractivity contribution is 7.81. The number of ether oxygens (including phenoxy) is 1. The normalized spacial score (nSPS) is 18.7. The molecule has 76 valence electrons. The minimum atomic E-state index is -0.0654. The van der Waals surface area contributed by atoms with E-state index >= 15 is 0 Å². The van der Waals surface area contributed by atoms with Crippen LogP contribution in [0.1, 0.15) is 5.56 Å². The second kappa shape index (κ2) is 3.26. The summed E-state index contributed by atoms with van der Waals surface area (Å²) in [6.07, 6.45) is 0. The van der Waals surface area contributed by atoms with Crippen molar-refractivity contribution in [2.24, 2.45) is 0 Å². The molecule has 1 fully saturated rings. The van der Waals surface area contributed by atoms with E-state index in [1.54, 1.807) is 0 Å². The summed E-state index contributed by atoms with van der Waals surface area (Å²) >= 11 is 4.66. The SMILES string of the molecule is SC1(c2ccc3ccccc3c2)COC1. The Bertz CT molecular complexity index is 503. The molecule has 1 aliphatic heterocycles. The number of benzene rings is 2. The summed E-state index contributed by atoms with van der Waals surface area (Å²) < 4.78 is 5.16. The molecule has 0 atom stereocenters. The van der Waals surface area contributed by atoms with Crippen molar-refractivity contribution >= 4 is 23.4 Å². The van der Waals surface area contributed by atoms with Crippen molar-refractivity contribution in [2.75, 3.05) is 13.2 Å². The lowest BCUT2D eigenvalue weighted by Gasteiger charge is -2.37. The third-order valence-electron chi connectivity index (χ3n) is 2.97. The lowest BCUT2D eigenvalue weighted by molar-refractivity contribution is -0.00963. The molecule has 1 saturated heterocycles. The Morgan fingerprint density at radius 1 is 1.00 bits per heavy atom. The Morgan fingerprint density at radius 2 is 1.73 bits per heavy atom. The van der Waals surface area contributed by atoms with Gasteiger partial charge in [0.15, 0.2) is 0 Å². The maximum Gasteiger partial charge on any atom is 0.0844 e. The smallest absolute Gasteiger partial charge is 0.0844 e. The number of fused-ring (bicyclic) bond motifs is 1. The van der Waals surface area contributed by atoms with Gasteiger partial charge in [-0.05, 0) is 22.4 Å². The highest BCUT2D eigenvalue weighted by Crippen LogP contribution is 2.37. The summed E-state index contributed by atoms with van der Waals surface area (Å²) in [6.45, 7) is 1.43. The van der Waals surface area contributed by atoms with Crippen molar-refractivity contribution in [3.8, 4) is 0 Å². The molecule has 3 rings (SSSR count). The van der Waals surface area contributed by atoms with Crippen LogP contribution in [-0.4, -0.2) is 13.2 Å². The van der Waals surface area contributed by atoms with Crippen molar-refractivity contribution in [3.05, 3.63) is 48.0 Å². The predicted octanol–water partition coefficient (Wildman–Crippen LogP) is 3.00. The van der Waals surface area contributed by atoms with Gasteiger partial charge in [0.25, 0.3) is 0 Å². The van der Waals surface area contributed by atoms with E-state index in [4.69, 9.17) is 4.74 Å². The molecular formula is C13H12OS. The third-order valence-corrected chi connectivity index (χ3v) is 3.48. The van der Waals surface area contributed by atoms with Crippen LogP contribution >= 0.6 is 12.6 Å². The van der Waals surface area contributed by atoms with Crippen LogP contribution < -0.4 is 0 Å². The first-order valence-corrected chi connectivity index (χ1v) is 5.52. The molecule has 1 nitrogen and oxygen atoms in total. The van der Waals surface area contributed by atoms with Crippen molar-refractivity contribution in [2.45, 2.75) is 4.75 Å². The topological polar surface area (TPSA) is 9.23 Å². The number of rotatable bonds is 1. The van der Waals surface area contributed by atoms with Crippen LogP contribution in [0.15, 0.2) is 42.5 Å². The summed E-state index contributed by atoms with van der Waals surface area (Å²) in [7, 11) is 0. The molecule has 1 heterocycles. The Kier molecular flexibility index (Phi) is 2.01. The van der Waals surface area contributed by atoms with Gasteiger partial charge in [0.2, 0.25) is 0 Å². The number of hydrogen-bond donors (Lipinski definition) is 1. The van der Waals surface area contributed by atoms with Crippen LogP contribution in [0.5, 0.6) is 0 Å². The van der Waals surface area contributed by atoms with E-state index in [0.29, 0.717) is 13.2 Å². The summed E-state index contributed by atoms with van der Waals surface area (Å²) in [4.78, 5) is 0. The highest BCUT2D eigenvalue weighted by Gasteiger charge is 2.36. The van der Waals surface area contributed by atoms with Crippen LogP contribution in [0.25, 0.3) is 10.8 Å². The van der Waals surface area contributed by atoms with Crippen molar-refractivity contribution in [1.82, 2.24) is 0 Å². The quantitative estimate of drug-likeness (QED) is 0.721. The molecule has 0 spiro atoms. The zero-order valence-electron chi connectivity index (χ0n) is 8.31. The largest absolute Gasteiger partial charge is 0.378 e. The maximum absolute atomic E-state index is 5.23. The number of hydrogen-bond acceptors (Lipinski definition) is 2. The van der Waals surface area contributed by atoms with E-state index in [1.165, 1.54) is 16.3 Å². The Labute approximate surface area is 94.5 Å². The Morgan fingerprint density at radius 3 is 2.40 bits per heavy atom. The summed E-state index contributed by atoms with van der Waals surface area (Å²) in [5, 5.41) is 2.55. The second-order valence-electron chi connectivity index (χ2n) is 4.09. The van der Waals surface area contributed by atoms with Gasteiger partial charge in [-0.2, -0.15) is 12.6 Å². The average molecular weight is 216 g/mol. The molecule has 0 N–H and O–H groups in total. The first-order chi connectivity index (χ1) is 7.28. The molecule has 0 aromatic heterocycles. The number of thiol groups is 1. The van der Waals surface area contributed by atoms with Gasteiger partial charge in [0.05, 0.1) is 18.0 Å². The predicted molar refractivity (Wildman–Crippen MR) is 65.4 cm³/mol. The van der Waals surface area contributed by atoms with Crippen LogP contribution in [-0.2, 0) is 9.48 Å². The Hall–Kier alpha value is -0.990. The summed E-state index contributed by atoms with van der Waals surface area (Å²) in [5.74, 6) is 0. The zero-order chi connectivity index (χ0) is 10.3. The van der Waals surface area contributed by atoms with Crippen molar-refractivity contribution in [3.63, 3.8) is 0 Å². The fourth-order valence-corrected chi connectivity index (χ4v) is 2.26. The van der Waals surface area contributed by atoms with E-state index in [-0.39, 0.29) is 4.75 Å². The molecule has 0 saturated carbocycles. The molecule has 2 heteroatoms. The van der Waals surface area contributed by atoms with Crippen molar-refractivity contribution < 1.29 is 4.74 Å². The van der Waals surface area contributed by atoms with E-state index in [2.05, 4.69) is 55.1 Å².